The molecular weight excluding hydrogens is 252 g/mol. The summed E-state index contributed by atoms with van der Waals surface area (Å²) in [6, 6.07) is 6.13. The maximum absolute atomic E-state index is 12.1. The number of ether oxygens (including phenoxy) is 1. The third-order valence-corrected chi connectivity index (χ3v) is 4.11. The summed E-state index contributed by atoms with van der Waals surface area (Å²) in [6.45, 7) is 2.28. The smallest absolute Gasteiger partial charge is 0.240 e. The fourth-order valence-corrected chi connectivity index (χ4v) is 2.95. The summed E-state index contributed by atoms with van der Waals surface area (Å²) >= 11 is 0. The highest BCUT2D eigenvalue weighted by Gasteiger charge is 2.19. The topological polar surface area (TPSA) is 81.4 Å². The van der Waals surface area contributed by atoms with Gasteiger partial charge in [0, 0.05) is 18.7 Å². The normalized spacial score (nSPS) is 13.3. The number of methoxy groups -OCH3 is 1. The maximum Gasteiger partial charge on any atom is 0.240 e. The Hall–Kier alpha value is -1.11. The Bertz CT molecular complexity index is 474. The van der Waals surface area contributed by atoms with Gasteiger partial charge in [0.25, 0.3) is 0 Å². The molecule has 0 fully saturated rings. The SMILES string of the molecule is CCCC(CN)NS(=O)(=O)c1cccc(OC)c1. The molecular formula is C12H20N2O3S. The Morgan fingerprint density at radius 1 is 1.44 bits per heavy atom. The van der Waals surface area contributed by atoms with Crippen LogP contribution < -0.4 is 15.2 Å². The molecule has 3 N–H and O–H groups in total. The minimum absolute atomic E-state index is 0.191. The van der Waals surface area contributed by atoms with Crippen LogP contribution in [-0.2, 0) is 10.0 Å². The second-order valence-corrected chi connectivity index (χ2v) is 5.74. The van der Waals surface area contributed by atoms with E-state index < -0.39 is 10.0 Å². The van der Waals surface area contributed by atoms with Crippen molar-refractivity contribution in [2.24, 2.45) is 5.73 Å². The van der Waals surface area contributed by atoms with E-state index >= 15 is 0 Å². The summed E-state index contributed by atoms with van der Waals surface area (Å²) in [4.78, 5) is 0.191. The third kappa shape index (κ3) is 3.97. The van der Waals surface area contributed by atoms with Crippen LogP contribution in [0.15, 0.2) is 29.2 Å². The van der Waals surface area contributed by atoms with E-state index in [2.05, 4.69) is 4.72 Å². The monoisotopic (exact) mass is 272 g/mol. The van der Waals surface area contributed by atoms with Crippen molar-refractivity contribution in [2.45, 2.75) is 30.7 Å². The van der Waals surface area contributed by atoms with E-state index in [1.54, 1.807) is 12.1 Å². The number of sulfonamides is 1. The molecule has 6 heteroatoms. The molecule has 1 aromatic rings. The van der Waals surface area contributed by atoms with E-state index in [-0.39, 0.29) is 17.5 Å². The first-order chi connectivity index (χ1) is 8.53. The zero-order valence-corrected chi connectivity index (χ0v) is 11.5. The second kappa shape index (κ2) is 6.72. The lowest BCUT2D eigenvalue weighted by atomic mass is 10.2. The molecule has 18 heavy (non-hydrogen) atoms. The molecule has 0 amide bonds. The van der Waals surface area contributed by atoms with E-state index in [9.17, 15) is 8.42 Å². The summed E-state index contributed by atoms with van der Waals surface area (Å²) < 4.78 is 31.9. The molecule has 1 unspecified atom stereocenters. The van der Waals surface area contributed by atoms with E-state index in [1.165, 1.54) is 19.2 Å². The molecule has 0 aliphatic rings. The molecule has 0 saturated carbocycles. The van der Waals surface area contributed by atoms with Gasteiger partial charge in [0.1, 0.15) is 5.75 Å². The molecule has 5 nitrogen and oxygen atoms in total. The summed E-state index contributed by atoms with van der Waals surface area (Å²) in [5, 5.41) is 0. The molecule has 1 atom stereocenters. The van der Waals surface area contributed by atoms with Gasteiger partial charge < -0.3 is 10.5 Å². The Labute approximate surface area is 108 Å². The molecule has 102 valence electrons. The van der Waals surface area contributed by atoms with Crippen LogP contribution >= 0.6 is 0 Å². The Morgan fingerprint density at radius 2 is 2.17 bits per heavy atom. The Balaban J connectivity index is 2.91. The maximum atomic E-state index is 12.1. The van der Waals surface area contributed by atoms with Crippen molar-refractivity contribution in [2.75, 3.05) is 13.7 Å². The minimum Gasteiger partial charge on any atom is -0.497 e. The summed E-state index contributed by atoms with van der Waals surface area (Å²) in [5.41, 5.74) is 5.55. The first-order valence-corrected chi connectivity index (χ1v) is 7.38. The number of nitrogens with two attached hydrogens (primary N) is 1. The summed E-state index contributed by atoms with van der Waals surface area (Å²) in [5.74, 6) is 0.512. The zero-order valence-electron chi connectivity index (χ0n) is 10.7. The summed E-state index contributed by atoms with van der Waals surface area (Å²) in [7, 11) is -2.04. The third-order valence-electron chi connectivity index (χ3n) is 2.59. The van der Waals surface area contributed by atoms with Crippen LogP contribution in [0.3, 0.4) is 0 Å². The Morgan fingerprint density at radius 3 is 2.72 bits per heavy atom. The Kier molecular flexibility index (Phi) is 5.58. The summed E-state index contributed by atoms with van der Waals surface area (Å²) in [6.07, 6.45) is 1.60. The first-order valence-electron chi connectivity index (χ1n) is 5.90. The van der Waals surface area contributed by atoms with Gasteiger partial charge in [-0.1, -0.05) is 19.4 Å². The van der Waals surface area contributed by atoms with Gasteiger partial charge in [-0.05, 0) is 18.6 Å². The van der Waals surface area contributed by atoms with Crippen LogP contribution in [0.4, 0.5) is 0 Å². The fourth-order valence-electron chi connectivity index (χ4n) is 1.63. The number of hydrogen-bond donors (Lipinski definition) is 2. The molecule has 1 rings (SSSR count). The highest BCUT2D eigenvalue weighted by molar-refractivity contribution is 7.89. The molecule has 0 spiro atoms. The van der Waals surface area contributed by atoms with Crippen LogP contribution in [0.1, 0.15) is 19.8 Å². The van der Waals surface area contributed by atoms with E-state index in [1.807, 2.05) is 6.92 Å². The van der Waals surface area contributed by atoms with Crippen molar-refractivity contribution in [3.8, 4) is 5.75 Å². The largest absolute Gasteiger partial charge is 0.497 e. The predicted molar refractivity (Wildman–Crippen MR) is 71.1 cm³/mol. The van der Waals surface area contributed by atoms with Crippen LogP contribution in [0.25, 0.3) is 0 Å². The van der Waals surface area contributed by atoms with E-state index in [0.717, 1.165) is 12.8 Å². The molecule has 0 aromatic heterocycles. The first kappa shape index (κ1) is 14.9. The molecule has 0 aliphatic heterocycles. The quantitative estimate of drug-likeness (QED) is 0.779. The van der Waals surface area contributed by atoms with Gasteiger partial charge in [-0.3, -0.25) is 0 Å². The number of benzene rings is 1. The van der Waals surface area contributed by atoms with Crippen LogP contribution in [0, 0.1) is 0 Å². The van der Waals surface area contributed by atoms with Gasteiger partial charge in [0.05, 0.1) is 12.0 Å². The average Bonchev–Trinajstić information content (AvgIpc) is 2.38. The number of nitrogens with one attached hydrogen (secondary N) is 1. The van der Waals surface area contributed by atoms with Crippen molar-refractivity contribution in [3.05, 3.63) is 24.3 Å². The van der Waals surface area contributed by atoms with Crippen LogP contribution in [-0.4, -0.2) is 28.1 Å². The van der Waals surface area contributed by atoms with Crippen LogP contribution in [0.5, 0.6) is 5.75 Å². The highest BCUT2D eigenvalue weighted by atomic mass is 32.2. The van der Waals surface area contributed by atoms with Crippen LogP contribution in [0.2, 0.25) is 0 Å². The van der Waals surface area contributed by atoms with Gasteiger partial charge in [-0.2, -0.15) is 0 Å². The predicted octanol–water partition coefficient (Wildman–Crippen LogP) is 1.10. The van der Waals surface area contributed by atoms with Gasteiger partial charge in [-0.15, -0.1) is 0 Å². The second-order valence-electron chi connectivity index (χ2n) is 4.02. The molecule has 0 bridgehead atoms. The minimum atomic E-state index is -3.54. The number of rotatable bonds is 7. The molecule has 0 aliphatic carbocycles. The number of hydrogen-bond acceptors (Lipinski definition) is 4. The van der Waals surface area contributed by atoms with Crippen molar-refractivity contribution < 1.29 is 13.2 Å². The molecule has 0 radical (unpaired) electrons. The fraction of sp³-hybridized carbons (Fsp3) is 0.500. The van der Waals surface area contributed by atoms with Gasteiger partial charge in [-0.25, -0.2) is 13.1 Å². The van der Waals surface area contributed by atoms with Gasteiger partial charge in [0.15, 0.2) is 0 Å². The molecule has 0 saturated heterocycles. The van der Waals surface area contributed by atoms with Gasteiger partial charge in [0.2, 0.25) is 10.0 Å². The lowest BCUT2D eigenvalue weighted by molar-refractivity contribution is 0.413. The molecule has 0 heterocycles. The zero-order chi connectivity index (χ0) is 13.6. The van der Waals surface area contributed by atoms with Gasteiger partial charge >= 0.3 is 0 Å². The van der Waals surface area contributed by atoms with Crippen molar-refractivity contribution >= 4 is 10.0 Å². The standard InChI is InChI=1S/C12H20N2O3S/c1-3-5-10(9-13)14-18(15,16)12-7-4-6-11(8-12)17-2/h4,6-8,10,14H,3,5,9,13H2,1-2H3. The van der Waals surface area contributed by atoms with Crippen molar-refractivity contribution in [3.63, 3.8) is 0 Å². The highest BCUT2D eigenvalue weighted by Crippen LogP contribution is 2.17. The lowest BCUT2D eigenvalue weighted by Gasteiger charge is -2.16. The van der Waals surface area contributed by atoms with E-state index in [0.29, 0.717) is 5.75 Å². The van der Waals surface area contributed by atoms with E-state index in [4.69, 9.17) is 10.5 Å². The van der Waals surface area contributed by atoms with Crippen molar-refractivity contribution in [1.29, 1.82) is 0 Å². The lowest BCUT2D eigenvalue weighted by Crippen LogP contribution is -2.39. The van der Waals surface area contributed by atoms with Crippen molar-refractivity contribution in [1.82, 2.24) is 4.72 Å². The molecule has 1 aromatic carbocycles. The average molecular weight is 272 g/mol.